The largest absolute Gasteiger partial charge is 0.269 e. The van der Waals surface area contributed by atoms with Crippen LogP contribution in [-0.4, -0.2) is 0 Å². The third-order valence-corrected chi connectivity index (χ3v) is 2.34. The molecule has 0 nitrogen and oxygen atoms in total. The molecule has 0 saturated heterocycles. The van der Waals surface area contributed by atoms with Crippen molar-refractivity contribution in [1.82, 2.24) is 0 Å². The van der Waals surface area contributed by atoms with Gasteiger partial charge in [0.2, 0.25) is 0 Å². The monoisotopic (exact) mass is 377 g/mol. The molecule has 0 aromatic heterocycles. The van der Waals surface area contributed by atoms with Gasteiger partial charge in [-0.15, -0.1) is 40.6 Å². The summed E-state index contributed by atoms with van der Waals surface area (Å²) in [7, 11) is 0. The minimum atomic E-state index is 0. The number of fused-ring (bicyclic) bond motifs is 1. The van der Waals surface area contributed by atoms with Gasteiger partial charge in [-0.05, 0) is 0 Å². The van der Waals surface area contributed by atoms with Gasteiger partial charge in [0.15, 0.2) is 0 Å². The molecule has 2 aromatic carbocycles. The molecule has 0 radical (unpaired) electrons. The van der Waals surface area contributed by atoms with Crippen molar-refractivity contribution in [3.8, 4) is 0 Å². The van der Waals surface area contributed by atoms with Gasteiger partial charge in [0.05, 0.1) is 0 Å². The molecule has 0 unspecified atom stereocenters. The van der Waals surface area contributed by atoms with E-state index in [2.05, 4.69) is 50.2 Å². The van der Waals surface area contributed by atoms with Crippen LogP contribution in [0.5, 0.6) is 0 Å². The third-order valence-electron chi connectivity index (χ3n) is 2.34. The second kappa shape index (κ2) is 6.94. The SMILES string of the molecule is CC(C)[c-]1ccc2ccccc21.F.F.[Hf]. The standard InChI is InChI=1S/C12H13.2FH.Hf/c1-9(2)11-8-7-10-5-3-4-6-12(10)11;;;/h3-9H,1-2H3;2*1H;/q-1;;;. The Morgan fingerprint density at radius 2 is 1.60 bits per heavy atom. The molecule has 0 aliphatic rings. The van der Waals surface area contributed by atoms with Gasteiger partial charge < -0.3 is 0 Å². The second-order valence-corrected chi connectivity index (χ2v) is 3.53. The molecular weight excluding hydrogens is 361 g/mol. The van der Waals surface area contributed by atoms with E-state index in [0.717, 1.165) is 0 Å². The molecular formula is C12H15F2Hf-. The number of benzene rings is 1. The zero-order chi connectivity index (χ0) is 8.55. The van der Waals surface area contributed by atoms with Crippen molar-refractivity contribution in [3.05, 3.63) is 42.0 Å². The summed E-state index contributed by atoms with van der Waals surface area (Å²) < 4.78 is 0. The van der Waals surface area contributed by atoms with Crippen molar-refractivity contribution in [1.29, 1.82) is 0 Å². The van der Waals surface area contributed by atoms with E-state index in [-0.39, 0.29) is 35.3 Å². The second-order valence-electron chi connectivity index (χ2n) is 3.53. The normalized spacial score (nSPS) is 9.00. The number of halogens is 2. The van der Waals surface area contributed by atoms with Crippen LogP contribution in [0.1, 0.15) is 25.3 Å². The minimum Gasteiger partial charge on any atom is -0.269 e. The zero-order valence-corrected chi connectivity index (χ0v) is 12.5. The van der Waals surface area contributed by atoms with E-state index in [1.54, 1.807) is 0 Å². The molecule has 0 atom stereocenters. The summed E-state index contributed by atoms with van der Waals surface area (Å²) in [5.41, 5.74) is 1.46. The van der Waals surface area contributed by atoms with Crippen LogP contribution >= 0.6 is 0 Å². The van der Waals surface area contributed by atoms with Crippen LogP contribution in [0.3, 0.4) is 0 Å². The Balaban J connectivity index is 0. The minimum absolute atomic E-state index is 0. The van der Waals surface area contributed by atoms with Gasteiger partial charge in [-0.2, -0.15) is 6.07 Å². The van der Waals surface area contributed by atoms with Crippen LogP contribution in [0.15, 0.2) is 36.4 Å². The quantitative estimate of drug-likeness (QED) is 0.522. The van der Waals surface area contributed by atoms with Crippen LogP contribution in [0.4, 0.5) is 9.41 Å². The first-order chi connectivity index (χ1) is 5.79. The van der Waals surface area contributed by atoms with Gasteiger partial charge >= 0.3 is 0 Å². The molecule has 2 aromatic rings. The Labute approximate surface area is 108 Å². The van der Waals surface area contributed by atoms with Crippen molar-refractivity contribution < 1.29 is 35.3 Å². The van der Waals surface area contributed by atoms with Crippen molar-refractivity contribution in [2.75, 3.05) is 0 Å². The van der Waals surface area contributed by atoms with E-state index in [1.807, 2.05) is 0 Å². The number of hydrogen-bond acceptors (Lipinski definition) is 0. The van der Waals surface area contributed by atoms with Crippen LogP contribution in [-0.2, 0) is 25.8 Å². The molecule has 0 spiro atoms. The van der Waals surface area contributed by atoms with Crippen molar-refractivity contribution in [2.45, 2.75) is 19.8 Å². The number of rotatable bonds is 1. The first kappa shape index (κ1) is 17.0. The summed E-state index contributed by atoms with van der Waals surface area (Å²) in [4.78, 5) is 0. The molecule has 0 saturated carbocycles. The maximum absolute atomic E-state index is 2.24. The van der Waals surface area contributed by atoms with Gasteiger partial charge in [-0.1, -0.05) is 25.8 Å². The molecule has 3 heteroatoms. The maximum Gasteiger partial charge on any atom is 0 e. The molecule has 0 N–H and O–H groups in total. The molecule has 0 amide bonds. The Morgan fingerprint density at radius 1 is 1.00 bits per heavy atom. The summed E-state index contributed by atoms with van der Waals surface area (Å²) in [6.45, 7) is 4.48. The molecule has 2 rings (SSSR count). The molecule has 0 aliphatic carbocycles. The Bertz CT molecular complexity index is 393. The zero-order valence-electron chi connectivity index (χ0n) is 8.86. The molecule has 0 fully saturated rings. The van der Waals surface area contributed by atoms with Crippen LogP contribution in [0, 0.1) is 0 Å². The molecule has 0 aliphatic heterocycles. The Morgan fingerprint density at radius 3 is 2.20 bits per heavy atom. The summed E-state index contributed by atoms with van der Waals surface area (Å²) in [5.74, 6) is 0.630. The van der Waals surface area contributed by atoms with E-state index >= 15 is 0 Å². The van der Waals surface area contributed by atoms with Gasteiger partial charge in [-0.3, -0.25) is 9.41 Å². The van der Waals surface area contributed by atoms with Crippen LogP contribution in [0.2, 0.25) is 0 Å². The van der Waals surface area contributed by atoms with Crippen molar-refractivity contribution in [3.63, 3.8) is 0 Å². The molecule has 0 bridgehead atoms. The summed E-state index contributed by atoms with van der Waals surface area (Å²) >= 11 is 0. The summed E-state index contributed by atoms with van der Waals surface area (Å²) in [6.07, 6.45) is 0. The van der Waals surface area contributed by atoms with E-state index in [9.17, 15) is 0 Å². The van der Waals surface area contributed by atoms with Gasteiger partial charge in [-0.25, -0.2) is 0 Å². The average molecular weight is 376 g/mol. The van der Waals surface area contributed by atoms with E-state index in [4.69, 9.17) is 0 Å². The average Bonchev–Trinajstić information content (AvgIpc) is 2.47. The summed E-state index contributed by atoms with van der Waals surface area (Å²) in [6, 6.07) is 13.0. The van der Waals surface area contributed by atoms with Gasteiger partial charge in [0.25, 0.3) is 0 Å². The predicted octanol–water partition coefficient (Wildman–Crippen LogP) is 3.98. The van der Waals surface area contributed by atoms with Gasteiger partial charge in [0, 0.05) is 25.8 Å². The van der Waals surface area contributed by atoms with E-state index < -0.39 is 0 Å². The van der Waals surface area contributed by atoms with E-state index in [1.165, 1.54) is 16.3 Å². The van der Waals surface area contributed by atoms with Crippen LogP contribution < -0.4 is 0 Å². The molecule has 82 valence electrons. The predicted molar refractivity (Wildman–Crippen MR) is 58.6 cm³/mol. The fourth-order valence-electron chi connectivity index (χ4n) is 1.68. The van der Waals surface area contributed by atoms with E-state index in [0.29, 0.717) is 5.92 Å². The summed E-state index contributed by atoms with van der Waals surface area (Å²) in [5, 5.41) is 2.77. The topological polar surface area (TPSA) is 0 Å². The Hall–Kier alpha value is -0.440. The smallest absolute Gasteiger partial charge is 0 e. The Kier molecular flexibility index (Phi) is 7.85. The van der Waals surface area contributed by atoms with Gasteiger partial charge in [0.1, 0.15) is 0 Å². The fraction of sp³-hybridized carbons (Fsp3) is 0.250. The number of hydrogen-bond donors (Lipinski definition) is 0. The van der Waals surface area contributed by atoms with Crippen molar-refractivity contribution in [2.24, 2.45) is 0 Å². The fourth-order valence-corrected chi connectivity index (χ4v) is 1.68. The van der Waals surface area contributed by atoms with Crippen LogP contribution in [0.25, 0.3) is 10.8 Å². The first-order valence-electron chi connectivity index (χ1n) is 4.43. The molecule has 0 heterocycles. The molecule has 15 heavy (non-hydrogen) atoms. The van der Waals surface area contributed by atoms with Crippen molar-refractivity contribution >= 4 is 10.8 Å². The first-order valence-corrected chi connectivity index (χ1v) is 4.43. The maximum atomic E-state index is 2.24. The third kappa shape index (κ3) is 3.26.